The van der Waals surface area contributed by atoms with Gasteiger partial charge in [0.15, 0.2) is 0 Å². The van der Waals surface area contributed by atoms with Gasteiger partial charge >= 0.3 is 0 Å². The van der Waals surface area contributed by atoms with Crippen LogP contribution in [0.3, 0.4) is 0 Å². The third-order valence-electron chi connectivity index (χ3n) is 6.71. The summed E-state index contributed by atoms with van der Waals surface area (Å²) in [7, 11) is 0. The number of unbranched alkanes of at least 4 members (excludes halogenated alkanes) is 2. The fourth-order valence-corrected chi connectivity index (χ4v) is 4.59. The summed E-state index contributed by atoms with van der Waals surface area (Å²) in [5.41, 5.74) is 3.19. The van der Waals surface area contributed by atoms with Gasteiger partial charge in [-0.3, -0.25) is 0 Å². The topological polar surface area (TPSA) is 57.2 Å². The fraction of sp³-hybridized carbons (Fsp3) is 0.394. The second-order valence-electron chi connectivity index (χ2n) is 9.72. The van der Waals surface area contributed by atoms with Crippen LogP contribution in [0.25, 0.3) is 0 Å². The lowest BCUT2D eigenvalue weighted by Crippen LogP contribution is -2.60. The lowest BCUT2D eigenvalue weighted by Gasteiger charge is -2.44. The van der Waals surface area contributed by atoms with Gasteiger partial charge in [0.2, 0.25) is 0 Å². The average molecular weight is 517 g/mol. The van der Waals surface area contributed by atoms with Crippen LogP contribution in [0.1, 0.15) is 42.9 Å². The normalized spacial score (nSPS) is 23.6. The van der Waals surface area contributed by atoms with Crippen molar-refractivity contribution in [2.45, 2.75) is 76.5 Å². The number of allylic oxidation sites excluding steroid dienone is 1. The molecule has 0 saturated carbocycles. The van der Waals surface area contributed by atoms with E-state index < -0.39 is 30.5 Å². The molecular weight excluding hydrogens is 476 g/mol. The van der Waals surface area contributed by atoms with Gasteiger partial charge in [0.05, 0.1) is 26.4 Å². The Bertz CT molecular complexity index is 1060. The summed E-state index contributed by atoms with van der Waals surface area (Å²) in [5, 5.41) is 11.4. The summed E-state index contributed by atoms with van der Waals surface area (Å²) in [5.74, 6) is 0. The molecule has 3 aromatic rings. The first-order chi connectivity index (χ1) is 18.7. The van der Waals surface area contributed by atoms with Crippen LogP contribution < -0.4 is 0 Å². The van der Waals surface area contributed by atoms with Gasteiger partial charge in [0.25, 0.3) is 0 Å². The zero-order chi connectivity index (χ0) is 26.4. The van der Waals surface area contributed by atoms with E-state index in [1.807, 2.05) is 97.1 Å². The third kappa shape index (κ3) is 8.62. The molecule has 0 unspecified atom stereocenters. The van der Waals surface area contributed by atoms with Crippen LogP contribution >= 0.6 is 0 Å². The van der Waals surface area contributed by atoms with Crippen molar-refractivity contribution in [1.29, 1.82) is 0 Å². The van der Waals surface area contributed by atoms with Crippen LogP contribution in [0.15, 0.2) is 103 Å². The predicted octanol–water partition coefficient (Wildman–Crippen LogP) is 6.25. The largest absolute Gasteiger partial charge is 0.387 e. The lowest BCUT2D eigenvalue weighted by molar-refractivity contribution is -0.251. The van der Waals surface area contributed by atoms with Crippen molar-refractivity contribution in [2.24, 2.45) is 0 Å². The van der Waals surface area contributed by atoms with Crippen molar-refractivity contribution in [2.75, 3.05) is 6.61 Å². The quantitative estimate of drug-likeness (QED) is 0.203. The van der Waals surface area contributed by atoms with Crippen molar-refractivity contribution in [3.05, 3.63) is 120 Å². The summed E-state index contributed by atoms with van der Waals surface area (Å²) in [4.78, 5) is 0. The molecule has 0 bridgehead atoms. The maximum Gasteiger partial charge on any atom is 0.115 e. The molecule has 4 rings (SSSR count). The van der Waals surface area contributed by atoms with Crippen molar-refractivity contribution in [3.63, 3.8) is 0 Å². The smallest absolute Gasteiger partial charge is 0.115 e. The fourth-order valence-electron chi connectivity index (χ4n) is 4.59. The minimum Gasteiger partial charge on any atom is -0.387 e. The number of hydrogen-bond acceptors (Lipinski definition) is 5. The van der Waals surface area contributed by atoms with Crippen LogP contribution in [0.5, 0.6) is 0 Å². The van der Waals surface area contributed by atoms with E-state index in [0.717, 1.165) is 36.0 Å². The minimum absolute atomic E-state index is 0.325. The number of benzene rings is 3. The van der Waals surface area contributed by atoms with Crippen molar-refractivity contribution < 1.29 is 24.1 Å². The molecule has 1 heterocycles. The third-order valence-corrected chi connectivity index (χ3v) is 6.71. The average Bonchev–Trinajstić information content (AvgIpc) is 2.96. The molecule has 1 N–H and O–H groups in total. The van der Waals surface area contributed by atoms with E-state index in [1.54, 1.807) is 0 Å². The van der Waals surface area contributed by atoms with E-state index in [9.17, 15) is 5.11 Å². The second-order valence-corrected chi connectivity index (χ2v) is 9.72. The van der Waals surface area contributed by atoms with Gasteiger partial charge in [-0.25, -0.2) is 0 Å². The highest BCUT2D eigenvalue weighted by molar-refractivity contribution is 5.16. The van der Waals surface area contributed by atoms with Gasteiger partial charge in [-0.1, -0.05) is 123 Å². The monoisotopic (exact) mass is 516 g/mol. The Morgan fingerprint density at radius 2 is 1.26 bits per heavy atom. The zero-order valence-electron chi connectivity index (χ0n) is 22.2. The van der Waals surface area contributed by atoms with E-state index in [0.29, 0.717) is 26.4 Å². The Morgan fingerprint density at radius 3 is 1.82 bits per heavy atom. The molecule has 1 aliphatic rings. The second kappa shape index (κ2) is 15.6. The van der Waals surface area contributed by atoms with E-state index in [4.69, 9.17) is 18.9 Å². The molecular formula is C33H40O5. The van der Waals surface area contributed by atoms with E-state index in [1.165, 1.54) is 0 Å². The molecule has 5 heteroatoms. The maximum atomic E-state index is 11.4. The lowest BCUT2D eigenvalue weighted by atomic mass is 9.94. The predicted molar refractivity (Wildman–Crippen MR) is 149 cm³/mol. The summed E-state index contributed by atoms with van der Waals surface area (Å²) in [6.45, 7) is 3.73. The van der Waals surface area contributed by atoms with Gasteiger partial charge in [-0.05, 0) is 23.1 Å². The molecule has 38 heavy (non-hydrogen) atoms. The van der Waals surface area contributed by atoms with E-state index in [2.05, 4.69) is 13.0 Å². The highest BCUT2D eigenvalue weighted by Gasteiger charge is 2.46. The van der Waals surface area contributed by atoms with Crippen LogP contribution in [0.4, 0.5) is 0 Å². The summed E-state index contributed by atoms with van der Waals surface area (Å²) in [6, 6.07) is 30.1. The van der Waals surface area contributed by atoms with Gasteiger partial charge in [-0.2, -0.15) is 0 Å². The molecule has 0 aliphatic carbocycles. The molecule has 0 spiro atoms. The van der Waals surface area contributed by atoms with Gasteiger partial charge in [0.1, 0.15) is 30.5 Å². The molecule has 1 fully saturated rings. The highest BCUT2D eigenvalue weighted by atomic mass is 16.6. The van der Waals surface area contributed by atoms with Gasteiger partial charge < -0.3 is 24.1 Å². The Morgan fingerprint density at radius 1 is 0.737 bits per heavy atom. The van der Waals surface area contributed by atoms with Gasteiger partial charge in [0, 0.05) is 0 Å². The summed E-state index contributed by atoms with van der Waals surface area (Å²) < 4.78 is 25.4. The molecule has 3 aromatic carbocycles. The number of aliphatic hydroxyl groups excluding tert-OH is 1. The summed E-state index contributed by atoms with van der Waals surface area (Å²) >= 11 is 0. The Labute approximate surface area is 227 Å². The SMILES string of the molecule is CCCC/C=C\[C@H]1O[C@H](COCc2ccccc2)[C@H](OCc2ccccc2)[C@H](OCc2ccccc2)[C@H]1O. The van der Waals surface area contributed by atoms with Crippen LogP contribution in [0.2, 0.25) is 0 Å². The van der Waals surface area contributed by atoms with E-state index >= 15 is 0 Å². The molecule has 0 aromatic heterocycles. The van der Waals surface area contributed by atoms with Crippen LogP contribution in [0, 0.1) is 0 Å². The number of aliphatic hydroxyl groups is 1. The Hall–Kier alpha value is -2.80. The highest BCUT2D eigenvalue weighted by Crippen LogP contribution is 2.29. The number of hydrogen-bond donors (Lipinski definition) is 1. The Kier molecular flexibility index (Phi) is 11.6. The molecule has 1 aliphatic heterocycles. The maximum absolute atomic E-state index is 11.4. The zero-order valence-corrected chi connectivity index (χ0v) is 22.2. The van der Waals surface area contributed by atoms with Crippen molar-refractivity contribution in [1.82, 2.24) is 0 Å². The molecule has 5 nitrogen and oxygen atoms in total. The van der Waals surface area contributed by atoms with Crippen LogP contribution in [-0.4, -0.2) is 42.2 Å². The summed E-state index contributed by atoms with van der Waals surface area (Å²) in [6.07, 6.45) is 4.34. The van der Waals surface area contributed by atoms with Gasteiger partial charge in [-0.15, -0.1) is 0 Å². The molecule has 0 radical (unpaired) electrons. The molecule has 5 atom stereocenters. The van der Waals surface area contributed by atoms with Crippen LogP contribution in [-0.2, 0) is 38.8 Å². The van der Waals surface area contributed by atoms with Crippen molar-refractivity contribution >= 4 is 0 Å². The van der Waals surface area contributed by atoms with Crippen molar-refractivity contribution in [3.8, 4) is 0 Å². The van der Waals surface area contributed by atoms with E-state index in [-0.39, 0.29) is 0 Å². The molecule has 0 amide bonds. The Balaban J connectivity index is 1.52. The molecule has 1 saturated heterocycles. The minimum atomic E-state index is -0.872. The molecule has 202 valence electrons. The first-order valence-corrected chi connectivity index (χ1v) is 13.7. The first kappa shape index (κ1) is 28.2. The number of rotatable bonds is 14. The first-order valence-electron chi connectivity index (χ1n) is 13.7. The number of ether oxygens (including phenoxy) is 4. The standard InChI is InChI=1S/C33H40O5/c1-2-3-4-14-21-29-31(34)33(37-24-28-19-12-7-13-20-28)32(36-23-27-17-10-6-11-18-27)30(38-29)25-35-22-26-15-8-5-9-16-26/h5-21,29-34H,2-4,22-25H2,1H3/b21-14-/t29-,30-,31+,32+,33-/m1/s1.